The molecule has 3 rings (SSSR count). The summed E-state index contributed by atoms with van der Waals surface area (Å²) in [4.78, 5) is 29.9. The lowest BCUT2D eigenvalue weighted by molar-refractivity contribution is -0.121. The van der Waals surface area contributed by atoms with Crippen molar-refractivity contribution in [3.63, 3.8) is 0 Å². The molecule has 2 heterocycles. The molecule has 150 valence electrons. The van der Waals surface area contributed by atoms with Crippen LogP contribution >= 0.6 is 0 Å². The first-order valence-corrected chi connectivity index (χ1v) is 9.83. The summed E-state index contributed by atoms with van der Waals surface area (Å²) in [7, 11) is 0. The Balaban J connectivity index is 1.37. The van der Waals surface area contributed by atoms with E-state index >= 15 is 0 Å². The molecule has 0 spiro atoms. The van der Waals surface area contributed by atoms with Crippen molar-refractivity contribution >= 4 is 17.5 Å². The molecule has 1 aliphatic heterocycles. The molecule has 0 saturated carbocycles. The van der Waals surface area contributed by atoms with Crippen LogP contribution in [0.3, 0.4) is 0 Å². The van der Waals surface area contributed by atoms with Gasteiger partial charge in [0.1, 0.15) is 0 Å². The third kappa shape index (κ3) is 5.80. The predicted octanol–water partition coefficient (Wildman–Crippen LogP) is 1.60. The van der Waals surface area contributed by atoms with Gasteiger partial charge < -0.3 is 20.1 Å². The third-order valence-corrected chi connectivity index (χ3v) is 4.61. The zero-order valence-corrected chi connectivity index (χ0v) is 16.2. The maximum atomic E-state index is 12.0. The van der Waals surface area contributed by atoms with E-state index in [0.29, 0.717) is 44.8 Å². The van der Waals surface area contributed by atoms with Crippen LogP contribution in [0.25, 0.3) is 0 Å². The van der Waals surface area contributed by atoms with Crippen LogP contribution in [-0.4, -0.2) is 41.6 Å². The Morgan fingerprint density at radius 2 is 2.11 bits per heavy atom. The van der Waals surface area contributed by atoms with Crippen molar-refractivity contribution in [1.82, 2.24) is 20.8 Å². The summed E-state index contributed by atoms with van der Waals surface area (Å²) in [6.07, 6.45) is 3.51. The van der Waals surface area contributed by atoms with E-state index in [9.17, 15) is 9.59 Å². The van der Waals surface area contributed by atoms with Crippen LogP contribution in [0.5, 0.6) is 0 Å². The van der Waals surface area contributed by atoms with Crippen LogP contribution in [0.1, 0.15) is 43.5 Å². The summed E-state index contributed by atoms with van der Waals surface area (Å²) in [5.41, 5.74) is 2.05. The van der Waals surface area contributed by atoms with Crippen LogP contribution in [0.4, 0.5) is 5.69 Å². The molecule has 28 heavy (non-hydrogen) atoms. The first-order valence-electron chi connectivity index (χ1n) is 9.83. The van der Waals surface area contributed by atoms with Gasteiger partial charge in [-0.1, -0.05) is 24.2 Å². The normalized spacial score (nSPS) is 14.0. The van der Waals surface area contributed by atoms with Crippen LogP contribution in [-0.2, 0) is 29.0 Å². The van der Waals surface area contributed by atoms with E-state index in [1.807, 2.05) is 29.2 Å². The number of nitrogens with one attached hydrogen (secondary N) is 2. The summed E-state index contributed by atoms with van der Waals surface area (Å²) in [6, 6.07) is 7.94. The zero-order valence-electron chi connectivity index (χ0n) is 16.2. The van der Waals surface area contributed by atoms with Gasteiger partial charge in [0.15, 0.2) is 5.82 Å². The van der Waals surface area contributed by atoms with E-state index in [-0.39, 0.29) is 11.8 Å². The molecule has 0 unspecified atom stereocenters. The lowest BCUT2D eigenvalue weighted by atomic mass is 10.1. The molecule has 1 aromatic heterocycles. The Hall–Kier alpha value is -2.90. The van der Waals surface area contributed by atoms with E-state index in [2.05, 4.69) is 27.7 Å². The van der Waals surface area contributed by atoms with Gasteiger partial charge in [-0.3, -0.25) is 9.59 Å². The Labute approximate surface area is 164 Å². The summed E-state index contributed by atoms with van der Waals surface area (Å²) >= 11 is 0. The molecule has 2 N–H and O–H groups in total. The molecule has 0 aliphatic carbocycles. The van der Waals surface area contributed by atoms with E-state index in [4.69, 9.17) is 4.52 Å². The Morgan fingerprint density at radius 3 is 2.86 bits per heavy atom. The van der Waals surface area contributed by atoms with Crippen LogP contribution in [0, 0.1) is 0 Å². The van der Waals surface area contributed by atoms with Crippen molar-refractivity contribution < 1.29 is 14.1 Å². The van der Waals surface area contributed by atoms with Crippen molar-refractivity contribution in [2.75, 3.05) is 24.5 Å². The molecule has 1 fully saturated rings. The summed E-state index contributed by atoms with van der Waals surface area (Å²) in [5, 5.41) is 9.66. The Bertz CT molecular complexity index is 787. The minimum absolute atomic E-state index is 0.00470. The minimum atomic E-state index is 0.00470. The molecule has 1 aromatic carbocycles. The standard InChI is InChI=1S/C20H27N5O3/c1-2-4-17-23-20(28-24-17)6-3-5-18(26)22-13-15-7-9-16(10-8-15)25-12-11-21-19(27)14-25/h7-10H,2-6,11-14H2,1H3,(H,21,27)(H,22,26). The Morgan fingerprint density at radius 1 is 1.29 bits per heavy atom. The minimum Gasteiger partial charge on any atom is -0.360 e. The van der Waals surface area contributed by atoms with Crippen molar-refractivity contribution in [3.05, 3.63) is 41.5 Å². The SMILES string of the molecule is CCCc1noc(CCCC(=O)NCc2ccc(N3CCNC(=O)C3)cc2)n1. The average Bonchev–Trinajstić information content (AvgIpc) is 3.14. The molecule has 8 heteroatoms. The maximum Gasteiger partial charge on any atom is 0.239 e. The van der Waals surface area contributed by atoms with Crippen molar-refractivity contribution in [3.8, 4) is 0 Å². The number of rotatable bonds is 9. The number of aromatic nitrogens is 2. The second-order valence-corrected chi connectivity index (χ2v) is 6.92. The highest BCUT2D eigenvalue weighted by molar-refractivity contribution is 5.82. The number of benzene rings is 1. The van der Waals surface area contributed by atoms with Gasteiger partial charge in [-0.15, -0.1) is 0 Å². The molecule has 8 nitrogen and oxygen atoms in total. The maximum absolute atomic E-state index is 12.0. The smallest absolute Gasteiger partial charge is 0.239 e. The predicted molar refractivity (Wildman–Crippen MR) is 105 cm³/mol. The highest BCUT2D eigenvalue weighted by Gasteiger charge is 2.16. The lowest BCUT2D eigenvalue weighted by Gasteiger charge is -2.28. The molecule has 2 aromatic rings. The molecule has 1 aliphatic rings. The average molecular weight is 385 g/mol. The number of anilines is 1. The number of hydrogen-bond acceptors (Lipinski definition) is 6. The fourth-order valence-electron chi connectivity index (χ4n) is 3.09. The van der Waals surface area contributed by atoms with Gasteiger partial charge >= 0.3 is 0 Å². The topological polar surface area (TPSA) is 100 Å². The fourth-order valence-corrected chi connectivity index (χ4v) is 3.09. The number of hydrogen-bond donors (Lipinski definition) is 2. The van der Waals surface area contributed by atoms with Gasteiger partial charge in [0.25, 0.3) is 0 Å². The monoisotopic (exact) mass is 385 g/mol. The van der Waals surface area contributed by atoms with Gasteiger partial charge in [0.2, 0.25) is 17.7 Å². The zero-order chi connectivity index (χ0) is 19.8. The van der Waals surface area contributed by atoms with E-state index in [1.165, 1.54) is 0 Å². The van der Waals surface area contributed by atoms with Gasteiger partial charge in [-0.2, -0.15) is 4.98 Å². The van der Waals surface area contributed by atoms with Gasteiger partial charge in [-0.25, -0.2) is 0 Å². The van der Waals surface area contributed by atoms with E-state index in [0.717, 1.165) is 36.5 Å². The summed E-state index contributed by atoms with van der Waals surface area (Å²) in [6.45, 7) is 4.42. The number of nitrogens with zero attached hydrogens (tertiary/aromatic N) is 3. The molecular weight excluding hydrogens is 358 g/mol. The highest BCUT2D eigenvalue weighted by atomic mass is 16.5. The van der Waals surface area contributed by atoms with Gasteiger partial charge in [-0.05, 0) is 30.5 Å². The quantitative estimate of drug-likeness (QED) is 0.680. The number of aryl methyl sites for hydroxylation is 2. The molecular formula is C20H27N5O3. The number of carbonyl (C=O) groups is 2. The second kappa shape index (κ2) is 9.87. The number of piperazine rings is 1. The molecule has 0 bridgehead atoms. The molecule has 0 atom stereocenters. The first-order chi connectivity index (χ1) is 13.6. The molecule has 2 amide bonds. The van der Waals surface area contributed by atoms with Crippen LogP contribution < -0.4 is 15.5 Å². The van der Waals surface area contributed by atoms with E-state index in [1.54, 1.807) is 0 Å². The van der Waals surface area contributed by atoms with E-state index < -0.39 is 0 Å². The van der Waals surface area contributed by atoms with Crippen molar-refractivity contribution in [1.29, 1.82) is 0 Å². The fraction of sp³-hybridized carbons (Fsp3) is 0.500. The Kier molecular flexibility index (Phi) is 7.00. The largest absolute Gasteiger partial charge is 0.360 e. The summed E-state index contributed by atoms with van der Waals surface area (Å²) < 4.78 is 5.17. The van der Waals surface area contributed by atoms with Gasteiger partial charge in [0.05, 0.1) is 6.54 Å². The molecule has 1 saturated heterocycles. The van der Waals surface area contributed by atoms with Gasteiger partial charge in [0, 0.05) is 44.6 Å². The molecule has 0 radical (unpaired) electrons. The number of amides is 2. The van der Waals surface area contributed by atoms with Crippen LogP contribution in [0.15, 0.2) is 28.8 Å². The lowest BCUT2D eigenvalue weighted by Crippen LogP contribution is -2.47. The number of carbonyl (C=O) groups excluding carboxylic acids is 2. The summed E-state index contributed by atoms with van der Waals surface area (Å²) in [5.74, 6) is 1.38. The van der Waals surface area contributed by atoms with Crippen LogP contribution in [0.2, 0.25) is 0 Å². The van der Waals surface area contributed by atoms with Crippen molar-refractivity contribution in [2.24, 2.45) is 0 Å². The first kappa shape index (κ1) is 19.9. The van der Waals surface area contributed by atoms with Crippen molar-refractivity contribution in [2.45, 2.75) is 45.6 Å². The third-order valence-electron chi connectivity index (χ3n) is 4.61. The second-order valence-electron chi connectivity index (χ2n) is 6.92. The highest BCUT2D eigenvalue weighted by Crippen LogP contribution is 2.16.